The molecule has 0 aliphatic rings. The second-order valence-corrected chi connectivity index (χ2v) is 5.24. The van der Waals surface area contributed by atoms with Crippen LogP contribution in [0.5, 0.6) is 5.75 Å². The number of rotatable bonds is 5. The largest absolute Gasteiger partial charge is 0.497 e. The molecule has 0 bridgehead atoms. The standard InChI is InChI=1S/C18H23NO/c1-13-7-5-6-8-18(13)15(3)19-14(2)16-9-11-17(20-4)12-10-16/h5-12,14-15,19H,1-4H3/t14-,15?/m0/s1. The Bertz CT molecular complexity index is 548. The van der Waals surface area contributed by atoms with Crippen molar-refractivity contribution in [1.29, 1.82) is 0 Å². The van der Waals surface area contributed by atoms with E-state index >= 15 is 0 Å². The zero-order valence-electron chi connectivity index (χ0n) is 12.7. The second-order valence-electron chi connectivity index (χ2n) is 5.24. The number of hydrogen-bond acceptors (Lipinski definition) is 2. The van der Waals surface area contributed by atoms with Crippen LogP contribution >= 0.6 is 0 Å². The van der Waals surface area contributed by atoms with Gasteiger partial charge in [-0.1, -0.05) is 36.4 Å². The van der Waals surface area contributed by atoms with E-state index in [1.54, 1.807) is 7.11 Å². The molecule has 0 spiro atoms. The van der Waals surface area contributed by atoms with Gasteiger partial charge in [0.1, 0.15) is 5.75 Å². The van der Waals surface area contributed by atoms with Crippen molar-refractivity contribution in [1.82, 2.24) is 5.32 Å². The van der Waals surface area contributed by atoms with Gasteiger partial charge < -0.3 is 10.1 Å². The molecule has 2 atom stereocenters. The summed E-state index contributed by atoms with van der Waals surface area (Å²) < 4.78 is 5.19. The fraction of sp³-hybridized carbons (Fsp3) is 0.333. The maximum atomic E-state index is 5.19. The molecule has 0 radical (unpaired) electrons. The number of aryl methyl sites for hydroxylation is 1. The summed E-state index contributed by atoms with van der Waals surface area (Å²) in [5.74, 6) is 0.896. The van der Waals surface area contributed by atoms with Crippen LogP contribution in [0.25, 0.3) is 0 Å². The molecule has 0 saturated carbocycles. The number of benzene rings is 2. The predicted molar refractivity (Wildman–Crippen MR) is 84.1 cm³/mol. The highest BCUT2D eigenvalue weighted by molar-refractivity contribution is 5.31. The lowest BCUT2D eigenvalue weighted by Crippen LogP contribution is -2.23. The molecule has 2 heteroatoms. The van der Waals surface area contributed by atoms with Gasteiger partial charge >= 0.3 is 0 Å². The molecular weight excluding hydrogens is 246 g/mol. The Morgan fingerprint density at radius 3 is 2.15 bits per heavy atom. The first-order valence-corrected chi connectivity index (χ1v) is 7.07. The number of ether oxygens (including phenoxy) is 1. The predicted octanol–water partition coefficient (Wildman–Crippen LogP) is 4.42. The summed E-state index contributed by atoms with van der Waals surface area (Å²) in [6.45, 7) is 6.56. The van der Waals surface area contributed by atoms with Crippen molar-refractivity contribution in [2.45, 2.75) is 32.9 Å². The first-order valence-electron chi connectivity index (χ1n) is 7.07. The molecule has 0 aliphatic carbocycles. The minimum Gasteiger partial charge on any atom is -0.497 e. The van der Waals surface area contributed by atoms with Crippen molar-refractivity contribution in [3.05, 3.63) is 65.2 Å². The Balaban J connectivity index is 2.06. The van der Waals surface area contributed by atoms with E-state index in [2.05, 4.69) is 62.5 Å². The molecule has 1 unspecified atom stereocenters. The minimum atomic E-state index is 0.301. The van der Waals surface area contributed by atoms with E-state index < -0.39 is 0 Å². The summed E-state index contributed by atoms with van der Waals surface area (Å²) in [6.07, 6.45) is 0. The monoisotopic (exact) mass is 269 g/mol. The highest BCUT2D eigenvalue weighted by Gasteiger charge is 2.12. The topological polar surface area (TPSA) is 21.3 Å². The van der Waals surface area contributed by atoms with Gasteiger partial charge in [-0.3, -0.25) is 0 Å². The van der Waals surface area contributed by atoms with Crippen LogP contribution in [0.1, 0.15) is 42.6 Å². The van der Waals surface area contributed by atoms with E-state index in [0.717, 1.165) is 5.75 Å². The minimum absolute atomic E-state index is 0.301. The van der Waals surface area contributed by atoms with Gasteiger partial charge in [-0.25, -0.2) is 0 Å². The SMILES string of the molecule is COc1ccc([C@H](C)NC(C)c2ccccc2C)cc1. The summed E-state index contributed by atoms with van der Waals surface area (Å²) in [7, 11) is 1.69. The van der Waals surface area contributed by atoms with Gasteiger partial charge in [0, 0.05) is 12.1 Å². The summed E-state index contributed by atoms with van der Waals surface area (Å²) in [4.78, 5) is 0. The molecule has 2 aromatic carbocycles. The summed E-state index contributed by atoms with van der Waals surface area (Å²) in [5, 5.41) is 3.65. The Hall–Kier alpha value is -1.80. The normalized spacial score (nSPS) is 13.8. The fourth-order valence-electron chi connectivity index (χ4n) is 2.53. The van der Waals surface area contributed by atoms with Crippen LogP contribution in [0.2, 0.25) is 0 Å². The molecule has 106 valence electrons. The molecule has 2 aromatic rings. The molecular formula is C18H23NO. The lowest BCUT2D eigenvalue weighted by Gasteiger charge is -2.22. The average molecular weight is 269 g/mol. The molecule has 0 fully saturated rings. The highest BCUT2D eigenvalue weighted by Crippen LogP contribution is 2.23. The van der Waals surface area contributed by atoms with Crippen LogP contribution < -0.4 is 10.1 Å². The van der Waals surface area contributed by atoms with E-state index in [9.17, 15) is 0 Å². The van der Waals surface area contributed by atoms with E-state index in [4.69, 9.17) is 4.74 Å². The molecule has 0 aliphatic heterocycles. The van der Waals surface area contributed by atoms with Crippen molar-refractivity contribution in [3.8, 4) is 5.75 Å². The highest BCUT2D eigenvalue weighted by atomic mass is 16.5. The van der Waals surface area contributed by atoms with Crippen LogP contribution in [0.15, 0.2) is 48.5 Å². The molecule has 2 nitrogen and oxygen atoms in total. The zero-order valence-corrected chi connectivity index (χ0v) is 12.7. The van der Waals surface area contributed by atoms with Crippen LogP contribution in [0.3, 0.4) is 0 Å². The first kappa shape index (κ1) is 14.6. The molecule has 20 heavy (non-hydrogen) atoms. The summed E-state index contributed by atoms with van der Waals surface area (Å²) in [6, 6.07) is 17.4. The number of methoxy groups -OCH3 is 1. The summed E-state index contributed by atoms with van der Waals surface area (Å²) >= 11 is 0. The van der Waals surface area contributed by atoms with Crippen molar-refractivity contribution < 1.29 is 4.74 Å². The average Bonchev–Trinajstić information content (AvgIpc) is 2.47. The van der Waals surface area contributed by atoms with E-state index in [0.29, 0.717) is 12.1 Å². The van der Waals surface area contributed by atoms with E-state index in [1.807, 2.05) is 12.1 Å². The molecule has 0 heterocycles. The van der Waals surface area contributed by atoms with E-state index in [-0.39, 0.29) is 0 Å². The molecule has 2 rings (SSSR count). The third-order valence-electron chi connectivity index (χ3n) is 3.77. The van der Waals surface area contributed by atoms with Crippen molar-refractivity contribution in [2.24, 2.45) is 0 Å². The van der Waals surface area contributed by atoms with Gasteiger partial charge in [-0.2, -0.15) is 0 Å². The zero-order chi connectivity index (χ0) is 14.5. The van der Waals surface area contributed by atoms with Crippen LogP contribution in [0, 0.1) is 6.92 Å². The summed E-state index contributed by atoms with van der Waals surface area (Å²) in [5.41, 5.74) is 3.95. The van der Waals surface area contributed by atoms with Crippen LogP contribution in [-0.2, 0) is 0 Å². The van der Waals surface area contributed by atoms with Crippen molar-refractivity contribution in [3.63, 3.8) is 0 Å². The smallest absolute Gasteiger partial charge is 0.118 e. The van der Waals surface area contributed by atoms with Gasteiger partial charge in [0.2, 0.25) is 0 Å². The lowest BCUT2D eigenvalue weighted by molar-refractivity contribution is 0.414. The maximum absolute atomic E-state index is 5.19. The van der Waals surface area contributed by atoms with Crippen molar-refractivity contribution in [2.75, 3.05) is 7.11 Å². The van der Waals surface area contributed by atoms with Crippen LogP contribution in [-0.4, -0.2) is 7.11 Å². The first-order chi connectivity index (χ1) is 9.61. The van der Waals surface area contributed by atoms with Gasteiger partial charge in [-0.05, 0) is 49.6 Å². The Kier molecular flexibility index (Phi) is 4.80. The van der Waals surface area contributed by atoms with Gasteiger partial charge in [0.05, 0.1) is 7.11 Å². The van der Waals surface area contributed by atoms with E-state index in [1.165, 1.54) is 16.7 Å². The van der Waals surface area contributed by atoms with Crippen molar-refractivity contribution >= 4 is 0 Å². The Morgan fingerprint density at radius 2 is 1.55 bits per heavy atom. The molecule has 0 amide bonds. The molecule has 0 saturated heterocycles. The Labute approximate surface area is 121 Å². The molecule has 1 N–H and O–H groups in total. The quantitative estimate of drug-likeness (QED) is 0.867. The van der Waals surface area contributed by atoms with Crippen LogP contribution in [0.4, 0.5) is 0 Å². The second kappa shape index (κ2) is 6.58. The van der Waals surface area contributed by atoms with Gasteiger partial charge in [0.25, 0.3) is 0 Å². The number of nitrogens with one attached hydrogen (secondary N) is 1. The van der Waals surface area contributed by atoms with Gasteiger partial charge in [0.15, 0.2) is 0 Å². The third kappa shape index (κ3) is 3.40. The fourth-order valence-corrected chi connectivity index (χ4v) is 2.53. The molecule has 0 aromatic heterocycles. The number of hydrogen-bond donors (Lipinski definition) is 1. The third-order valence-corrected chi connectivity index (χ3v) is 3.77. The lowest BCUT2D eigenvalue weighted by atomic mass is 10.0. The van der Waals surface area contributed by atoms with Gasteiger partial charge in [-0.15, -0.1) is 0 Å². The Morgan fingerprint density at radius 1 is 0.900 bits per heavy atom. The maximum Gasteiger partial charge on any atom is 0.118 e.